The molecule has 0 aromatic heterocycles. The van der Waals surface area contributed by atoms with E-state index >= 15 is 0 Å². The van der Waals surface area contributed by atoms with Crippen LogP contribution in [0.5, 0.6) is 0 Å². The van der Waals surface area contributed by atoms with Crippen molar-refractivity contribution >= 4 is 34.2 Å². The van der Waals surface area contributed by atoms with Gasteiger partial charge in [-0.3, -0.25) is 0 Å². The Labute approximate surface area is 122 Å². The summed E-state index contributed by atoms with van der Waals surface area (Å²) >= 11 is 8.68. The third-order valence-electron chi connectivity index (χ3n) is 3.47. The Hall–Kier alpha value is 0.200. The molecule has 1 N–H and O–H groups in total. The van der Waals surface area contributed by atoms with E-state index in [9.17, 15) is 0 Å². The summed E-state index contributed by atoms with van der Waals surface area (Å²) in [4.78, 5) is 0. The second kappa shape index (κ2) is 6.95. The summed E-state index contributed by atoms with van der Waals surface area (Å²) in [5, 5.41) is 3.92. The minimum absolute atomic E-state index is 0.382. The van der Waals surface area contributed by atoms with Crippen LogP contribution < -0.4 is 5.32 Å². The topological polar surface area (TPSA) is 12.0 Å². The van der Waals surface area contributed by atoms with Gasteiger partial charge in [0.25, 0.3) is 0 Å². The van der Waals surface area contributed by atoms with Crippen LogP contribution in [-0.2, 0) is 6.54 Å². The van der Waals surface area contributed by atoms with Crippen molar-refractivity contribution in [3.05, 3.63) is 33.4 Å². The number of hydrogen-bond donors (Lipinski definition) is 1. The molecule has 1 aromatic rings. The lowest BCUT2D eigenvalue weighted by molar-refractivity contribution is 0.348. The Morgan fingerprint density at radius 2 is 1.88 bits per heavy atom. The van der Waals surface area contributed by atoms with Gasteiger partial charge in [-0.15, -0.1) is 11.6 Å². The highest BCUT2D eigenvalue weighted by molar-refractivity contribution is 14.1. The van der Waals surface area contributed by atoms with Gasteiger partial charge in [0.2, 0.25) is 0 Å². The molecule has 0 heterocycles. The molecule has 3 heteroatoms. The van der Waals surface area contributed by atoms with Gasteiger partial charge in [0, 0.05) is 15.5 Å². The van der Waals surface area contributed by atoms with Crippen LogP contribution in [0.15, 0.2) is 24.3 Å². The molecule has 1 aromatic carbocycles. The molecule has 0 spiro atoms. The summed E-state index contributed by atoms with van der Waals surface area (Å²) < 4.78 is 1.29. The molecule has 0 radical (unpaired) electrons. The van der Waals surface area contributed by atoms with Crippen LogP contribution >= 0.6 is 34.2 Å². The molecule has 1 nitrogen and oxygen atoms in total. The molecule has 1 aliphatic rings. The van der Waals surface area contributed by atoms with Crippen molar-refractivity contribution in [1.29, 1.82) is 0 Å². The predicted molar refractivity (Wildman–Crippen MR) is 82.5 cm³/mol. The lowest BCUT2D eigenvalue weighted by atomic mass is 9.89. The minimum atomic E-state index is 0.382. The number of rotatable bonds is 4. The van der Waals surface area contributed by atoms with Crippen LogP contribution in [0.4, 0.5) is 0 Å². The van der Waals surface area contributed by atoms with Gasteiger partial charge in [-0.05, 0) is 65.6 Å². The molecule has 0 saturated heterocycles. The normalized spacial score (nSPS) is 24.8. The smallest absolute Gasteiger partial charge is 0.0376 e. The average Bonchev–Trinajstić information content (AvgIpc) is 2.34. The largest absolute Gasteiger partial charge is 0.312 e. The Balaban J connectivity index is 1.73. The first-order valence-corrected chi connectivity index (χ1v) is 7.86. The molecule has 94 valence electrons. The van der Waals surface area contributed by atoms with E-state index in [0.29, 0.717) is 11.3 Å². The zero-order chi connectivity index (χ0) is 12.1. The highest BCUT2D eigenvalue weighted by Crippen LogP contribution is 2.28. The summed E-state index contributed by atoms with van der Waals surface area (Å²) in [6.07, 6.45) is 5.13. The van der Waals surface area contributed by atoms with E-state index in [-0.39, 0.29) is 0 Å². The maximum Gasteiger partial charge on any atom is 0.0376 e. The molecular weight excluding hydrogens is 345 g/mol. The fraction of sp³-hybridized carbons (Fsp3) is 0.571. The van der Waals surface area contributed by atoms with Crippen molar-refractivity contribution in [2.24, 2.45) is 5.92 Å². The van der Waals surface area contributed by atoms with E-state index in [1.807, 2.05) is 0 Å². The summed E-state index contributed by atoms with van der Waals surface area (Å²) in [6.45, 7) is 2.01. The molecule has 1 saturated carbocycles. The molecule has 17 heavy (non-hydrogen) atoms. The summed E-state index contributed by atoms with van der Waals surface area (Å²) in [5.41, 5.74) is 1.35. The highest BCUT2D eigenvalue weighted by atomic mass is 127. The van der Waals surface area contributed by atoms with Crippen LogP contribution in [-0.4, -0.2) is 11.9 Å². The first kappa shape index (κ1) is 13.6. The van der Waals surface area contributed by atoms with E-state index in [4.69, 9.17) is 11.6 Å². The highest BCUT2D eigenvalue weighted by Gasteiger charge is 2.22. The lowest BCUT2D eigenvalue weighted by Crippen LogP contribution is -2.30. The first-order chi connectivity index (χ1) is 8.25. The fourth-order valence-electron chi connectivity index (χ4n) is 2.40. The van der Waals surface area contributed by atoms with Crippen molar-refractivity contribution in [2.45, 2.75) is 37.6 Å². The van der Waals surface area contributed by atoms with Gasteiger partial charge < -0.3 is 5.32 Å². The van der Waals surface area contributed by atoms with Crippen LogP contribution in [0.25, 0.3) is 0 Å². The van der Waals surface area contributed by atoms with Crippen LogP contribution in [0.1, 0.15) is 31.2 Å². The predicted octanol–water partition coefficient (Wildman–Crippen LogP) is 4.18. The number of halogens is 2. The second-order valence-corrected chi connectivity index (χ2v) is 6.62. The number of hydrogen-bond acceptors (Lipinski definition) is 1. The van der Waals surface area contributed by atoms with Crippen molar-refractivity contribution in [2.75, 3.05) is 6.54 Å². The molecule has 2 atom stereocenters. The number of alkyl halides is 1. The molecule has 2 rings (SSSR count). The Bertz CT molecular complexity index is 339. The quantitative estimate of drug-likeness (QED) is 0.625. The van der Waals surface area contributed by atoms with Crippen LogP contribution in [0.3, 0.4) is 0 Å². The number of nitrogens with one attached hydrogen (secondary N) is 1. The van der Waals surface area contributed by atoms with E-state index < -0.39 is 0 Å². The third kappa shape index (κ3) is 4.42. The fourth-order valence-corrected chi connectivity index (χ4v) is 3.13. The summed E-state index contributed by atoms with van der Waals surface area (Å²) in [5.74, 6) is 0.661. The van der Waals surface area contributed by atoms with Gasteiger partial charge in [0.15, 0.2) is 0 Å². The van der Waals surface area contributed by atoms with Gasteiger partial charge in [0.1, 0.15) is 0 Å². The molecule has 0 aliphatic heterocycles. The summed E-state index contributed by atoms with van der Waals surface area (Å²) in [7, 11) is 0. The van der Waals surface area contributed by atoms with Crippen molar-refractivity contribution < 1.29 is 0 Å². The maximum absolute atomic E-state index is 6.34. The third-order valence-corrected chi connectivity index (χ3v) is 4.76. The van der Waals surface area contributed by atoms with Crippen molar-refractivity contribution in [1.82, 2.24) is 5.32 Å². The van der Waals surface area contributed by atoms with Crippen LogP contribution in [0, 0.1) is 9.49 Å². The number of benzene rings is 1. The Kier molecular flexibility index (Phi) is 5.57. The summed E-state index contributed by atoms with van der Waals surface area (Å²) in [6, 6.07) is 8.69. The van der Waals surface area contributed by atoms with Crippen molar-refractivity contribution in [3.8, 4) is 0 Å². The van der Waals surface area contributed by atoms with E-state index in [0.717, 1.165) is 13.1 Å². The van der Waals surface area contributed by atoms with E-state index in [1.54, 1.807) is 0 Å². The Morgan fingerprint density at radius 3 is 2.59 bits per heavy atom. The van der Waals surface area contributed by atoms with E-state index in [2.05, 4.69) is 52.2 Å². The SMILES string of the molecule is ClC1CCCCC1CNCc1ccc(I)cc1. The lowest BCUT2D eigenvalue weighted by Gasteiger charge is -2.27. The van der Waals surface area contributed by atoms with Gasteiger partial charge >= 0.3 is 0 Å². The molecular formula is C14H19ClIN. The zero-order valence-electron chi connectivity index (χ0n) is 9.96. The molecule has 2 unspecified atom stereocenters. The molecule has 1 aliphatic carbocycles. The monoisotopic (exact) mass is 363 g/mol. The van der Waals surface area contributed by atoms with Crippen LogP contribution in [0.2, 0.25) is 0 Å². The zero-order valence-corrected chi connectivity index (χ0v) is 12.9. The van der Waals surface area contributed by atoms with Gasteiger partial charge in [-0.1, -0.05) is 25.0 Å². The van der Waals surface area contributed by atoms with Gasteiger partial charge in [0.05, 0.1) is 0 Å². The molecule has 0 amide bonds. The van der Waals surface area contributed by atoms with E-state index in [1.165, 1.54) is 34.8 Å². The maximum atomic E-state index is 6.34. The Morgan fingerprint density at radius 1 is 1.18 bits per heavy atom. The minimum Gasteiger partial charge on any atom is -0.312 e. The molecule has 0 bridgehead atoms. The van der Waals surface area contributed by atoms with Gasteiger partial charge in [-0.25, -0.2) is 0 Å². The standard InChI is InChI=1S/C14H19ClIN/c15-14-4-2-1-3-12(14)10-17-9-11-5-7-13(16)8-6-11/h5-8,12,14,17H,1-4,9-10H2. The second-order valence-electron chi connectivity index (χ2n) is 4.82. The first-order valence-electron chi connectivity index (χ1n) is 6.35. The average molecular weight is 364 g/mol. The molecule has 1 fully saturated rings. The van der Waals surface area contributed by atoms with Crippen molar-refractivity contribution in [3.63, 3.8) is 0 Å². The van der Waals surface area contributed by atoms with Gasteiger partial charge in [-0.2, -0.15) is 0 Å².